The van der Waals surface area contributed by atoms with E-state index in [1.807, 2.05) is 29.2 Å². The molecule has 0 bridgehead atoms. The summed E-state index contributed by atoms with van der Waals surface area (Å²) in [5.41, 5.74) is 1.32. The SMILES string of the molecule is O=C1CN(c2ccccc2C2(O)CC2)CCN1. The zero-order valence-electron chi connectivity index (χ0n) is 9.65. The van der Waals surface area contributed by atoms with Gasteiger partial charge in [0.25, 0.3) is 0 Å². The Morgan fingerprint density at radius 3 is 2.76 bits per heavy atom. The standard InChI is InChI=1S/C13H16N2O2/c16-12-9-15(8-7-14-12)11-4-2-1-3-10(11)13(17)5-6-13/h1-4,17H,5-9H2,(H,14,16). The number of rotatable bonds is 2. The molecule has 0 spiro atoms. The van der Waals surface area contributed by atoms with Crippen LogP contribution in [-0.4, -0.2) is 30.6 Å². The normalized spacial score (nSPS) is 22.2. The molecule has 2 fully saturated rings. The van der Waals surface area contributed by atoms with Gasteiger partial charge in [0.2, 0.25) is 5.91 Å². The first-order chi connectivity index (χ1) is 8.19. The second kappa shape index (κ2) is 3.74. The number of anilines is 1. The van der Waals surface area contributed by atoms with Crippen molar-refractivity contribution in [2.45, 2.75) is 18.4 Å². The summed E-state index contributed by atoms with van der Waals surface area (Å²) < 4.78 is 0. The van der Waals surface area contributed by atoms with Crippen LogP contribution in [0.15, 0.2) is 24.3 Å². The molecule has 1 heterocycles. The van der Waals surface area contributed by atoms with Crippen molar-refractivity contribution in [3.63, 3.8) is 0 Å². The van der Waals surface area contributed by atoms with Gasteiger partial charge in [0, 0.05) is 24.3 Å². The maximum absolute atomic E-state index is 11.4. The second-order valence-electron chi connectivity index (χ2n) is 4.82. The highest BCUT2D eigenvalue weighted by atomic mass is 16.3. The number of para-hydroxylation sites is 1. The van der Waals surface area contributed by atoms with Crippen LogP contribution in [0.1, 0.15) is 18.4 Å². The number of carbonyl (C=O) groups excluding carboxylic acids is 1. The van der Waals surface area contributed by atoms with Gasteiger partial charge in [0.1, 0.15) is 0 Å². The van der Waals surface area contributed by atoms with E-state index in [2.05, 4.69) is 5.32 Å². The maximum Gasteiger partial charge on any atom is 0.239 e. The zero-order valence-corrected chi connectivity index (χ0v) is 9.65. The lowest BCUT2D eigenvalue weighted by Gasteiger charge is -2.31. The van der Waals surface area contributed by atoms with Crippen molar-refractivity contribution >= 4 is 11.6 Å². The average Bonchev–Trinajstić information content (AvgIpc) is 3.09. The number of aliphatic hydroxyl groups is 1. The van der Waals surface area contributed by atoms with Crippen LogP contribution in [0.25, 0.3) is 0 Å². The van der Waals surface area contributed by atoms with Crippen LogP contribution in [0.4, 0.5) is 5.69 Å². The van der Waals surface area contributed by atoms with Crippen LogP contribution in [0.2, 0.25) is 0 Å². The monoisotopic (exact) mass is 232 g/mol. The van der Waals surface area contributed by atoms with Gasteiger partial charge in [-0.3, -0.25) is 4.79 Å². The van der Waals surface area contributed by atoms with E-state index in [0.717, 1.165) is 30.6 Å². The first kappa shape index (κ1) is 10.6. The summed E-state index contributed by atoms with van der Waals surface area (Å²) in [6.07, 6.45) is 1.65. The number of amides is 1. The van der Waals surface area contributed by atoms with Gasteiger partial charge in [-0.05, 0) is 18.9 Å². The Balaban J connectivity index is 1.94. The molecule has 3 rings (SSSR count). The summed E-state index contributed by atoms with van der Waals surface area (Å²) in [6, 6.07) is 7.86. The minimum atomic E-state index is -0.648. The van der Waals surface area contributed by atoms with E-state index in [1.54, 1.807) is 0 Å². The number of nitrogens with one attached hydrogen (secondary N) is 1. The fourth-order valence-corrected chi connectivity index (χ4v) is 2.37. The quantitative estimate of drug-likeness (QED) is 0.785. The molecule has 4 nitrogen and oxygen atoms in total. The molecule has 17 heavy (non-hydrogen) atoms. The molecule has 1 aromatic carbocycles. The second-order valence-corrected chi connectivity index (χ2v) is 4.82. The molecular formula is C13H16N2O2. The fourth-order valence-electron chi connectivity index (χ4n) is 2.37. The summed E-state index contributed by atoms with van der Waals surface area (Å²) >= 11 is 0. The van der Waals surface area contributed by atoms with Gasteiger partial charge in [0.15, 0.2) is 0 Å². The van der Waals surface area contributed by atoms with E-state index in [4.69, 9.17) is 0 Å². The molecule has 0 radical (unpaired) electrons. The number of hydrogen-bond acceptors (Lipinski definition) is 3. The molecular weight excluding hydrogens is 216 g/mol. The molecule has 2 aliphatic rings. The maximum atomic E-state index is 11.4. The van der Waals surface area contributed by atoms with E-state index in [9.17, 15) is 9.90 Å². The van der Waals surface area contributed by atoms with E-state index in [1.165, 1.54) is 0 Å². The minimum Gasteiger partial charge on any atom is -0.385 e. The predicted octanol–water partition coefficient (Wildman–Crippen LogP) is 0.604. The summed E-state index contributed by atoms with van der Waals surface area (Å²) in [4.78, 5) is 13.5. The van der Waals surface area contributed by atoms with Gasteiger partial charge in [0.05, 0.1) is 12.1 Å². The highest BCUT2D eigenvalue weighted by Gasteiger charge is 2.44. The number of hydrogen-bond donors (Lipinski definition) is 2. The first-order valence-electron chi connectivity index (χ1n) is 6.03. The van der Waals surface area contributed by atoms with Crippen LogP contribution >= 0.6 is 0 Å². The molecule has 90 valence electrons. The first-order valence-corrected chi connectivity index (χ1v) is 6.03. The van der Waals surface area contributed by atoms with E-state index in [-0.39, 0.29) is 5.91 Å². The van der Waals surface area contributed by atoms with Crippen LogP contribution in [0.5, 0.6) is 0 Å². The van der Waals surface area contributed by atoms with Gasteiger partial charge < -0.3 is 15.3 Å². The van der Waals surface area contributed by atoms with E-state index >= 15 is 0 Å². The van der Waals surface area contributed by atoms with Gasteiger partial charge in [-0.2, -0.15) is 0 Å². The van der Waals surface area contributed by atoms with Crippen molar-refractivity contribution in [1.82, 2.24) is 5.32 Å². The number of benzene rings is 1. The summed E-state index contributed by atoms with van der Waals surface area (Å²) in [7, 11) is 0. The van der Waals surface area contributed by atoms with Crippen molar-refractivity contribution in [3.8, 4) is 0 Å². The van der Waals surface area contributed by atoms with Gasteiger partial charge in [-0.15, -0.1) is 0 Å². The molecule has 1 aromatic rings. The lowest BCUT2D eigenvalue weighted by Crippen LogP contribution is -2.48. The molecule has 0 aromatic heterocycles. The molecule has 1 saturated heterocycles. The van der Waals surface area contributed by atoms with E-state index < -0.39 is 5.60 Å². The Morgan fingerprint density at radius 2 is 2.06 bits per heavy atom. The Morgan fingerprint density at radius 1 is 1.29 bits per heavy atom. The third-order valence-electron chi connectivity index (χ3n) is 3.51. The van der Waals surface area contributed by atoms with Gasteiger partial charge >= 0.3 is 0 Å². The Hall–Kier alpha value is -1.55. The smallest absolute Gasteiger partial charge is 0.239 e. The number of carbonyl (C=O) groups is 1. The molecule has 4 heteroatoms. The molecule has 1 amide bonds. The summed E-state index contributed by atoms with van der Waals surface area (Å²) in [5, 5.41) is 13.1. The van der Waals surface area contributed by atoms with Crippen LogP contribution in [0.3, 0.4) is 0 Å². The number of nitrogens with zero attached hydrogens (tertiary/aromatic N) is 1. The highest BCUT2D eigenvalue weighted by Crippen LogP contribution is 2.48. The third kappa shape index (κ3) is 1.89. The molecule has 0 unspecified atom stereocenters. The predicted molar refractivity (Wildman–Crippen MR) is 64.8 cm³/mol. The lowest BCUT2D eigenvalue weighted by atomic mass is 10.0. The van der Waals surface area contributed by atoms with Crippen molar-refractivity contribution in [2.75, 3.05) is 24.5 Å². The minimum absolute atomic E-state index is 0.0499. The highest BCUT2D eigenvalue weighted by molar-refractivity contribution is 5.83. The van der Waals surface area contributed by atoms with Crippen LogP contribution in [0, 0.1) is 0 Å². The zero-order chi connectivity index (χ0) is 11.9. The lowest BCUT2D eigenvalue weighted by molar-refractivity contribution is -0.120. The summed E-state index contributed by atoms with van der Waals surface area (Å²) in [5.74, 6) is 0.0499. The molecule has 2 N–H and O–H groups in total. The van der Waals surface area contributed by atoms with Crippen molar-refractivity contribution in [3.05, 3.63) is 29.8 Å². The average molecular weight is 232 g/mol. The Bertz CT molecular complexity index is 454. The van der Waals surface area contributed by atoms with Gasteiger partial charge in [-0.1, -0.05) is 18.2 Å². The van der Waals surface area contributed by atoms with E-state index in [0.29, 0.717) is 13.1 Å². The Labute approximate surface area is 100 Å². The molecule has 0 atom stereocenters. The number of piperazine rings is 1. The third-order valence-corrected chi connectivity index (χ3v) is 3.51. The largest absolute Gasteiger partial charge is 0.385 e. The van der Waals surface area contributed by atoms with Crippen LogP contribution < -0.4 is 10.2 Å². The topological polar surface area (TPSA) is 52.6 Å². The molecule has 1 aliphatic heterocycles. The fraction of sp³-hybridized carbons (Fsp3) is 0.462. The van der Waals surface area contributed by atoms with Gasteiger partial charge in [-0.25, -0.2) is 0 Å². The van der Waals surface area contributed by atoms with Crippen molar-refractivity contribution in [1.29, 1.82) is 0 Å². The van der Waals surface area contributed by atoms with Crippen LogP contribution in [-0.2, 0) is 10.4 Å². The molecule has 1 aliphatic carbocycles. The Kier molecular flexibility index (Phi) is 2.33. The van der Waals surface area contributed by atoms with Crippen molar-refractivity contribution < 1.29 is 9.90 Å². The molecule has 1 saturated carbocycles. The summed E-state index contributed by atoms with van der Waals surface area (Å²) in [6.45, 7) is 1.86. The van der Waals surface area contributed by atoms with Crippen molar-refractivity contribution in [2.24, 2.45) is 0 Å².